The molecule has 0 aromatic heterocycles. The topological polar surface area (TPSA) is 18.5 Å². The highest BCUT2D eigenvalue weighted by Crippen LogP contribution is 2.60. The predicted molar refractivity (Wildman–Crippen MR) is 91.8 cm³/mol. The summed E-state index contributed by atoms with van der Waals surface area (Å²) in [5, 5.41) is 0. The molecule has 1 aromatic carbocycles. The monoisotopic (exact) mass is 311 g/mol. The number of benzene rings is 1. The lowest BCUT2D eigenvalue weighted by molar-refractivity contribution is -0.00428. The van der Waals surface area contributed by atoms with E-state index in [9.17, 15) is 0 Å². The summed E-state index contributed by atoms with van der Waals surface area (Å²) in [6.45, 7) is 2.35. The van der Waals surface area contributed by atoms with Crippen LogP contribution in [0.4, 0.5) is 0 Å². The summed E-state index contributed by atoms with van der Waals surface area (Å²) >= 11 is 0. The average molecular weight is 311 g/mol. The van der Waals surface area contributed by atoms with E-state index in [1.807, 2.05) is 7.11 Å². The lowest BCUT2D eigenvalue weighted by atomic mass is 9.56. The van der Waals surface area contributed by atoms with E-state index in [1.165, 1.54) is 43.2 Å². The third-order valence-corrected chi connectivity index (χ3v) is 6.84. The van der Waals surface area contributed by atoms with Crippen molar-refractivity contribution in [3.63, 3.8) is 0 Å². The van der Waals surface area contributed by atoms with E-state index in [-0.39, 0.29) is 0 Å². The Morgan fingerprint density at radius 1 is 1.26 bits per heavy atom. The maximum absolute atomic E-state index is 5.88. The van der Waals surface area contributed by atoms with Crippen molar-refractivity contribution in [2.75, 3.05) is 14.2 Å². The summed E-state index contributed by atoms with van der Waals surface area (Å²) in [4.78, 5) is 0. The maximum atomic E-state index is 5.88. The molecule has 0 bridgehead atoms. The smallest absolute Gasteiger partial charge is 0.127 e. The quantitative estimate of drug-likeness (QED) is 0.755. The highest BCUT2D eigenvalue weighted by atomic mass is 16.5. The molecule has 0 saturated heterocycles. The van der Waals surface area contributed by atoms with Crippen LogP contribution in [0.15, 0.2) is 23.8 Å². The third kappa shape index (κ3) is 2.11. The van der Waals surface area contributed by atoms with Crippen molar-refractivity contribution in [2.24, 2.45) is 11.3 Å². The van der Waals surface area contributed by atoms with Crippen LogP contribution in [0.25, 0.3) is 0 Å². The Balaban J connectivity index is 1.72. The summed E-state index contributed by atoms with van der Waals surface area (Å²) < 4.78 is 11.3. The first-order valence-corrected chi connectivity index (χ1v) is 9.05. The molecule has 1 aromatic rings. The molecule has 0 aliphatic heterocycles. The van der Waals surface area contributed by atoms with Gasteiger partial charge in [0.25, 0.3) is 0 Å². The van der Waals surface area contributed by atoms with Crippen LogP contribution in [-0.2, 0) is 11.2 Å². The second kappa shape index (κ2) is 5.66. The fourth-order valence-electron chi connectivity index (χ4n) is 5.67. The predicted octanol–water partition coefficient (Wildman–Crippen LogP) is 4.68. The van der Waals surface area contributed by atoms with Crippen molar-refractivity contribution >= 4 is 0 Å². The minimum Gasteiger partial charge on any atom is -0.496 e. The first-order valence-electron chi connectivity index (χ1n) is 9.05. The van der Waals surface area contributed by atoms with Crippen LogP contribution < -0.4 is 4.74 Å². The zero-order chi connectivity index (χ0) is 16.0. The van der Waals surface area contributed by atoms with Crippen LogP contribution in [0.1, 0.15) is 56.1 Å². The van der Waals surface area contributed by atoms with Gasteiger partial charge in [-0.15, -0.1) is 0 Å². The molecule has 2 heteroatoms. The van der Waals surface area contributed by atoms with Crippen LogP contribution in [0.5, 0.6) is 5.75 Å². The van der Waals surface area contributed by atoms with E-state index in [4.69, 9.17) is 9.47 Å². The second-order valence-electron chi connectivity index (χ2n) is 7.40. The highest BCUT2D eigenvalue weighted by Gasteiger charge is 2.52. The second-order valence-corrected chi connectivity index (χ2v) is 7.40. The van der Waals surface area contributed by atoms with Gasteiger partial charge in [0.05, 0.1) is 13.2 Å². The van der Waals surface area contributed by atoms with Gasteiger partial charge in [0.1, 0.15) is 5.75 Å². The zero-order valence-corrected chi connectivity index (χ0v) is 14.5. The number of ether oxygens (including phenoxy) is 2. The van der Waals surface area contributed by atoms with Gasteiger partial charge in [-0.3, -0.25) is 0 Å². The third-order valence-electron chi connectivity index (χ3n) is 6.84. The van der Waals surface area contributed by atoms with Crippen molar-refractivity contribution in [3.05, 3.63) is 41.0 Å². The molecule has 23 heavy (non-hydrogen) atoms. The lowest BCUT2D eigenvalue weighted by Gasteiger charge is -2.49. The van der Waals surface area contributed by atoms with E-state index in [1.54, 1.807) is 12.7 Å². The maximum Gasteiger partial charge on any atom is 0.127 e. The van der Waals surface area contributed by atoms with Crippen molar-refractivity contribution in [1.29, 1.82) is 0 Å². The standard InChI is InChI=1S/C21H27O2/c1-4-21-12-11-16-17(19(21)9-10-20(21)23-3)8-6-14-5-7-15(22-2)13-18(14)16/h5,9,13,16-17,20H,4,6,8,10-12H2,1-3H3/t16-,17+,20+,21-/m0/s1. The first kappa shape index (κ1) is 15.3. The summed E-state index contributed by atoms with van der Waals surface area (Å²) in [6.07, 6.45) is 10.2. The largest absolute Gasteiger partial charge is 0.496 e. The number of rotatable bonds is 3. The van der Waals surface area contributed by atoms with E-state index < -0.39 is 0 Å². The molecule has 1 radical (unpaired) electrons. The van der Waals surface area contributed by atoms with Crippen molar-refractivity contribution in [2.45, 2.75) is 57.5 Å². The minimum atomic E-state index is 0.304. The summed E-state index contributed by atoms with van der Waals surface area (Å²) in [6, 6.07) is 7.67. The van der Waals surface area contributed by atoms with E-state index >= 15 is 0 Å². The molecule has 123 valence electrons. The van der Waals surface area contributed by atoms with Gasteiger partial charge in [0.15, 0.2) is 0 Å². The van der Waals surface area contributed by atoms with Crippen molar-refractivity contribution < 1.29 is 9.47 Å². The molecule has 2 nitrogen and oxygen atoms in total. The van der Waals surface area contributed by atoms with E-state index in [2.05, 4.69) is 31.2 Å². The summed E-state index contributed by atoms with van der Waals surface area (Å²) in [7, 11) is 3.63. The molecule has 3 aliphatic rings. The lowest BCUT2D eigenvalue weighted by Crippen LogP contribution is -2.42. The van der Waals surface area contributed by atoms with Crippen LogP contribution in [-0.4, -0.2) is 20.3 Å². The Bertz CT molecular complexity index is 633. The van der Waals surface area contributed by atoms with Gasteiger partial charge in [-0.05, 0) is 73.6 Å². The van der Waals surface area contributed by atoms with Gasteiger partial charge >= 0.3 is 0 Å². The Kier molecular flexibility index (Phi) is 3.76. The normalized spacial score (nSPS) is 35.1. The SMILES string of the molecule is CC[C@]12CC[C@@H]3c4cc(OC)[c]cc4CC[C@H]3C1=CC[C@H]2OC. The van der Waals surface area contributed by atoms with Gasteiger partial charge < -0.3 is 9.47 Å². The van der Waals surface area contributed by atoms with Gasteiger partial charge in [0, 0.05) is 18.6 Å². The highest BCUT2D eigenvalue weighted by molar-refractivity contribution is 5.44. The van der Waals surface area contributed by atoms with Gasteiger partial charge in [-0.1, -0.05) is 18.6 Å². The molecule has 0 amide bonds. The fourth-order valence-corrected chi connectivity index (χ4v) is 5.67. The number of hydrogen-bond donors (Lipinski definition) is 0. The van der Waals surface area contributed by atoms with Crippen LogP contribution in [0.2, 0.25) is 0 Å². The first-order chi connectivity index (χ1) is 11.2. The van der Waals surface area contributed by atoms with Crippen molar-refractivity contribution in [1.82, 2.24) is 0 Å². The minimum absolute atomic E-state index is 0.304. The Morgan fingerprint density at radius 3 is 2.87 bits per heavy atom. The molecule has 3 aliphatic carbocycles. The molecule has 4 rings (SSSR count). The van der Waals surface area contributed by atoms with Gasteiger partial charge in [-0.2, -0.15) is 0 Å². The molecule has 0 spiro atoms. The molecule has 1 fully saturated rings. The molecule has 0 N–H and O–H groups in total. The zero-order valence-electron chi connectivity index (χ0n) is 14.5. The van der Waals surface area contributed by atoms with Crippen LogP contribution >= 0.6 is 0 Å². The van der Waals surface area contributed by atoms with E-state index in [0.29, 0.717) is 23.4 Å². The van der Waals surface area contributed by atoms with Crippen LogP contribution in [0, 0.1) is 17.4 Å². The Hall–Kier alpha value is -1.28. The number of hydrogen-bond acceptors (Lipinski definition) is 2. The molecule has 1 saturated carbocycles. The molecule has 0 heterocycles. The van der Waals surface area contributed by atoms with Gasteiger partial charge in [-0.25, -0.2) is 0 Å². The number of aryl methyl sites for hydroxylation is 1. The number of fused-ring (bicyclic) bond motifs is 5. The average Bonchev–Trinajstić information content (AvgIpc) is 3.00. The Labute approximate surface area is 139 Å². The molecular weight excluding hydrogens is 284 g/mol. The van der Waals surface area contributed by atoms with Gasteiger partial charge in [0.2, 0.25) is 0 Å². The van der Waals surface area contributed by atoms with Crippen LogP contribution in [0.3, 0.4) is 0 Å². The summed E-state index contributed by atoms with van der Waals surface area (Å²) in [5.41, 5.74) is 5.01. The van der Waals surface area contributed by atoms with E-state index in [0.717, 1.165) is 12.2 Å². The molecule has 4 atom stereocenters. The summed E-state index contributed by atoms with van der Waals surface area (Å²) in [5.74, 6) is 2.24. The number of methoxy groups -OCH3 is 2. The Morgan fingerprint density at radius 2 is 2.13 bits per heavy atom. The fraction of sp³-hybridized carbons (Fsp3) is 0.619. The van der Waals surface area contributed by atoms with Crippen molar-refractivity contribution in [3.8, 4) is 5.75 Å². The molecule has 0 unspecified atom stereocenters. The molecular formula is C21H27O2.